The van der Waals surface area contributed by atoms with Gasteiger partial charge in [-0.1, -0.05) is 32.4 Å². The fraction of sp³-hybridized carbons (Fsp3) is 0.500. The van der Waals surface area contributed by atoms with E-state index in [1.54, 1.807) is 4.90 Å². The Morgan fingerprint density at radius 3 is 2.41 bits per heavy atom. The molecule has 1 atom stereocenters. The summed E-state index contributed by atoms with van der Waals surface area (Å²) in [5.74, 6) is 1.09. The van der Waals surface area contributed by atoms with Crippen LogP contribution in [-0.2, 0) is 5.88 Å². The maximum atomic E-state index is 12.1. The van der Waals surface area contributed by atoms with Gasteiger partial charge in [0.05, 0.1) is 0 Å². The summed E-state index contributed by atoms with van der Waals surface area (Å²) in [6, 6.07) is 7.48. The third-order valence-corrected chi connectivity index (χ3v) is 3.29. The smallest absolute Gasteiger partial charge is 0.253 e. The van der Waals surface area contributed by atoms with Gasteiger partial charge in [0.25, 0.3) is 5.91 Å². The summed E-state index contributed by atoms with van der Waals surface area (Å²) in [5, 5.41) is 0. The quantitative estimate of drug-likeness (QED) is 0.735. The predicted octanol–water partition coefficient (Wildman–Crippen LogP) is 3.54. The first-order chi connectivity index (χ1) is 8.08. The van der Waals surface area contributed by atoms with Crippen LogP contribution in [0.1, 0.15) is 36.2 Å². The average molecular weight is 254 g/mol. The molecule has 17 heavy (non-hydrogen) atoms. The molecular weight excluding hydrogens is 234 g/mol. The van der Waals surface area contributed by atoms with Crippen molar-refractivity contribution in [2.45, 2.75) is 26.1 Å². The molecule has 0 aromatic heterocycles. The number of carbonyl (C=O) groups excluding carboxylic acids is 1. The molecule has 2 nitrogen and oxygen atoms in total. The van der Waals surface area contributed by atoms with Crippen molar-refractivity contribution >= 4 is 17.5 Å². The zero-order valence-corrected chi connectivity index (χ0v) is 11.5. The van der Waals surface area contributed by atoms with Gasteiger partial charge in [-0.05, 0) is 23.6 Å². The molecule has 0 fully saturated rings. The van der Waals surface area contributed by atoms with Gasteiger partial charge >= 0.3 is 0 Å². The summed E-state index contributed by atoms with van der Waals surface area (Å²) >= 11 is 5.71. The first-order valence-electron chi connectivity index (χ1n) is 5.98. The van der Waals surface area contributed by atoms with E-state index in [1.165, 1.54) is 0 Å². The van der Waals surface area contributed by atoms with Crippen molar-refractivity contribution in [2.75, 3.05) is 13.6 Å². The van der Waals surface area contributed by atoms with Gasteiger partial charge in [-0.3, -0.25) is 4.79 Å². The highest BCUT2D eigenvalue weighted by Gasteiger charge is 2.13. The molecule has 0 N–H and O–H groups in total. The molecule has 0 aliphatic carbocycles. The fourth-order valence-corrected chi connectivity index (χ4v) is 1.81. The highest BCUT2D eigenvalue weighted by molar-refractivity contribution is 6.17. The number of alkyl halides is 1. The highest BCUT2D eigenvalue weighted by Crippen LogP contribution is 2.10. The third kappa shape index (κ3) is 4.04. The number of hydrogen-bond donors (Lipinski definition) is 0. The van der Waals surface area contributed by atoms with Gasteiger partial charge in [-0.15, -0.1) is 11.6 Å². The van der Waals surface area contributed by atoms with Crippen molar-refractivity contribution in [1.82, 2.24) is 4.90 Å². The number of carbonyl (C=O) groups is 1. The lowest BCUT2D eigenvalue weighted by atomic mass is 10.1. The van der Waals surface area contributed by atoms with E-state index in [-0.39, 0.29) is 5.91 Å². The number of nitrogens with zero attached hydrogens (tertiary/aromatic N) is 1. The molecule has 0 saturated carbocycles. The van der Waals surface area contributed by atoms with E-state index in [0.717, 1.165) is 24.1 Å². The number of amides is 1. The van der Waals surface area contributed by atoms with Gasteiger partial charge in [0.2, 0.25) is 0 Å². The molecule has 3 heteroatoms. The normalized spacial score (nSPS) is 12.2. The Morgan fingerprint density at radius 2 is 1.94 bits per heavy atom. The van der Waals surface area contributed by atoms with Crippen molar-refractivity contribution in [3.63, 3.8) is 0 Å². The lowest BCUT2D eigenvalue weighted by molar-refractivity contribution is 0.0775. The van der Waals surface area contributed by atoms with Crippen LogP contribution in [0.5, 0.6) is 0 Å². The van der Waals surface area contributed by atoms with Crippen LogP contribution >= 0.6 is 11.6 Å². The molecule has 0 saturated heterocycles. The minimum absolute atomic E-state index is 0.0754. The van der Waals surface area contributed by atoms with Crippen LogP contribution in [0, 0.1) is 5.92 Å². The van der Waals surface area contributed by atoms with Gasteiger partial charge < -0.3 is 4.90 Å². The zero-order valence-electron chi connectivity index (χ0n) is 10.7. The van der Waals surface area contributed by atoms with Crippen LogP contribution in [0.25, 0.3) is 0 Å². The summed E-state index contributed by atoms with van der Waals surface area (Å²) < 4.78 is 0. The molecule has 0 aliphatic heterocycles. The van der Waals surface area contributed by atoms with Crippen LogP contribution in [0.3, 0.4) is 0 Å². The first-order valence-corrected chi connectivity index (χ1v) is 6.52. The summed E-state index contributed by atoms with van der Waals surface area (Å²) in [6.07, 6.45) is 1.09. The van der Waals surface area contributed by atoms with Crippen molar-refractivity contribution in [3.05, 3.63) is 35.4 Å². The molecule has 0 heterocycles. The average Bonchev–Trinajstić information content (AvgIpc) is 2.37. The minimum atomic E-state index is 0.0754. The second-order valence-electron chi connectivity index (χ2n) is 4.53. The molecule has 1 amide bonds. The number of benzene rings is 1. The van der Waals surface area contributed by atoms with Gasteiger partial charge in [0.1, 0.15) is 0 Å². The van der Waals surface area contributed by atoms with Crippen molar-refractivity contribution in [2.24, 2.45) is 5.92 Å². The summed E-state index contributed by atoms with van der Waals surface area (Å²) in [6.45, 7) is 5.09. The largest absolute Gasteiger partial charge is 0.341 e. The summed E-state index contributed by atoms with van der Waals surface area (Å²) in [5.41, 5.74) is 1.76. The number of hydrogen-bond acceptors (Lipinski definition) is 1. The Hall–Kier alpha value is -1.02. The fourth-order valence-electron chi connectivity index (χ4n) is 1.64. The Labute approximate surface area is 109 Å². The molecule has 1 rings (SSSR count). The molecular formula is C14H20ClNO. The lowest BCUT2D eigenvalue weighted by Gasteiger charge is -2.20. The number of halogens is 1. The van der Waals surface area contributed by atoms with Crippen LogP contribution in [0.15, 0.2) is 24.3 Å². The van der Waals surface area contributed by atoms with Crippen molar-refractivity contribution in [1.29, 1.82) is 0 Å². The second-order valence-corrected chi connectivity index (χ2v) is 4.80. The number of rotatable bonds is 5. The highest BCUT2D eigenvalue weighted by atomic mass is 35.5. The van der Waals surface area contributed by atoms with E-state index in [4.69, 9.17) is 11.6 Å². The van der Waals surface area contributed by atoms with Gasteiger partial charge in [-0.2, -0.15) is 0 Å². The molecule has 0 bridgehead atoms. The first kappa shape index (κ1) is 14.0. The van der Waals surface area contributed by atoms with E-state index in [0.29, 0.717) is 11.8 Å². The van der Waals surface area contributed by atoms with E-state index >= 15 is 0 Å². The summed E-state index contributed by atoms with van der Waals surface area (Å²) in [7, 11) is 1.85. The van der Waals surface area contributed by atoms with Crippen LogP contribution in [-0.4, -0.2) is 24.4 Å². The molecule has 0 radical (unpaired) electrons. The summed E-state index contributed by atoms with van der Waals surface area (Å²) in [4.78, 5) is 13.9. The lowest BCUT2D eigenvalue weighted by Crippen LogP contribution is -2.30. The standard InChI is InChI=1S/C14H20ClNO/c1-4-11(2)10-16(3)14(17)13-7-5-12(9-15)6-8-13/h5-8,11H,4,9-10H2,1-3H3. The van der Waals surface area contributed by atoms with Gasteiger partial charge in [0, 0.05) is 25.0 Å². The van der Waals surface area contributed by atoms with E-state index < -0.39 is 0 Å². The monoisotopic (exact) mass is 253 g/mol. The van der Waals surface area contributed by atoms with Crippen molar-refractivity contribution < 1.29 is 4.79 Å². The predicted molar refractivity (Wildman–Crippen MR) is 72.4 cm³/mol. The van der Waals surface area contributed by atoms with Crippen molar-refractivity contribution in [3.8, 4) is 0 Å². The van der Waals surface area contributed by atoms with E-state index in [9.17, 15) is 4.79 Å². The van der Waals surface area contributed by atoms with Gasteiger partial charge in [-0.25, -0.2) is 0 Å². The van der Waals surface area contributed by atoms with Crippen LogP contribution < -0.4 is 0 Å². The van der Waals surface area contributed by atoms with Gasteiger partial charge in [0.15, 0.2) is 0 Å². The van der Waals surface area contributed by atoms with E-state index in [2.05, 4.69) is 13.8 Å². The zero-order chi connectivity index (χ0) is 12.8. The van der Waals surface area contributed by atoms with E-state index in [1.807, 2.05) is 31.3 Å². The Balaban J connectivity index is 2.67. The second kappa shape index (κ2) is 6.65. The maximum absolute atomic E-state index is 12.1. The molecule has 0 spiro atoms. The van der Waals surface area contributed by atoms with Crippen LogP contribution in [0.4, 0.5) is 0 Å². The molecule has 1 unspecified atom stereocenters. The Bertz CT molecular complexity index is 361. The molecule has 94 valence electrons. The maximum Gasteiger partial charge on any atom is 0.253 e. The Kier molecular flexibility index (Phi) is 5.49. The minimum Gasteiger partial charge on any atom is -0.341 e. The SMILES string of the molecule is CCC(C)CN(C)C(=O)c1ccc(CCl)cc1. The molecule has 1 aromatic rings. The molecule has 0 aliphatic rings. The molecule has 1 aromatic carbocycles. The van der Waals surface area contributed by atoms with Crippen LogP contribution in [0.2, 0.25) is 0 Å². The topological polar surface area (TPSA) is 20.3 Å². The third-order valence-electron chi connectivity index (χ3n) is 2.98. The Morgan fingerprint density at radius 1 is 1.35 bits per heavy atom.